The van der Waals surface area contributed by atoms with Crippen LogP contribution >= 0.6 is 0 Å². The van der Waals surface area contributed by atoms with Crippen molar-refractivity contribution in [1.82, 2.24) is 0 Å². The summed E-state index contributed by atoms with van der Waals surface area (Å²) in [6, 6.07) is 0. The van der Waals surface area contributed by atoms with Crippen molar-refractivity contribution in [2.45, 2.75) is 6.42 Å². The van der Waals surface area contributed by atoms with E-state index >= 15 is 0 Å². The molecule has 0 aliphatic rings. The predicted molar refractivity (Wildman–Crippen MR) is 32.1 cm³/mol. The van der Waals surface area contributed by atoms with Gasteiger partial charge in [-0.05, 0) is 0 Å². The van der Waals surface area contributed by atoms with Gasteiger partial charge >= 0.3 is 5.97 Å². The van der Waals surface area contributed by atoms with Crippen LogP contribution in [-0.4, -0.2) is 23.3 Å². The van der Waals surface area contributed by atoms with Crippen LogP contribution in [0.15, 0.2) is 6.08 Å². The van der Waals surface area contributed by atoms with Gasteiger partial charge in [0.25, 0.3) is 0 Å². The Labute approximate surface area is 57.2 Å². The van der Waals surface area contributed by atoms with Gasteiger partial charge in [0.15, 0.2) is 0 Å². The largest absolute Gasteiger partial charge is 0.481 e. The molecule has 0 rings (SSSR count). The minimum absolute atomic E-state index is 0.176. The lowest BCUT2D eigenvalue weighted by Gasteiger charge is -1.96. The second-order valence-electron chi connectivity index (χ2n) is 1.63. The van der Waals surface area contributed by atoms with Crippen molar-refractivity contribution in [2.75, 3.05) is 0 Å². The summed E-state index contributed by atoms with van der Waals surface area (Å²) in [6.45, 7) is 0. The Hall–Kier alpha value is -1.41. The quantitative estimate of drug-likeness (QED) is 0.430. The average Bonchev–Trinajstić information content (AvgIpc) is 1.87. The molecule has 0 fully saturated rings. The van der Waals surface area contributed by atoms with Gasteiger partial charge in [-0.1, -0.05) is 0 Å². The maximum absolute atomic E-state index is 10.1. The van der Waals surface area contributed by atoms with E-state index in [2.05, 4.69) is 0 Å². The van der Waals surface area contributed by atoms with Crippen LogP contribution in [0.2, 0.25) is 0 Å². The molecular weight excluding hydrogens is 136 g/mol. The van der Waals surface area contributed by atoms with Gasteiger partial charge in [0.1, 0.15) is 12.2 Å². The van der Waals surface area contributed by atoms with Crippen molar-refractivity contribution >= 4 is 18.2 Å². The number of hydrogen-bond donors (Lipinski definition) is 1. The van der Waals surface area contributed by atoms with Gasteiger partial charge < -0.3 is 9.90 Å². The fraction of sp³-hybridized carbons (Fsp3) is 0.333. The lowest BCUT2D eigenvalue weighted by Crippen LogP contribution is -2.11. The summed E-state index contributed by atoms with van der Waals surface area (Å²) in [5.74, 6) is -0.884. The van der Waals surface area contributed by atoms with E-state index in [1.165, 1.54) is 5.94 Å². The van der Waals surface area contributed by atoms with E-state index in [1.54, 1.807) is 0 Å². The third-order valence-corrected chi connectivity index (χ3v) is 0.937. The Balaban J connectivity index is 4.10. The monoisotopic (exact) mass is 142 g/mol. The Kier molecular flexibility index (Phi) is 3.84. The number of rotatable bonds is 4. The normalized spacial score (nSPS) is 11.2. The zero-order chi connectivity index (χ0) is 7.98. The van der Waals surface area contributed by atoms with E-state index in [4.69, 9.17) is 5.11 Å². The third-order valence-electron chi connectivity index (χ3n) is 0.937. The summed E-state index contributed by atoms with van der Waals surface area (Å²) < 4.78 is 0. The molecule has 0 bridgehead atoms. The number of carbonyl (C=O) groups is 2. The molecule has 10 heavy (non-hydrogen) atoms. The van der Waals surface area contributed by atoms with Crippen molar-refractivity contribution < 1.29 is 19.5 Å². The van der Waals surface area contributed by atoms with Crippen molar-refractivity contribution in [3.63, 3.8) is 0 Å². The van der Waals surface area contributed by atoms with E-state index in [9.17, 15) is 14.4 Å². The third kappa shape index (κ3) is 2.79. The highest BCUT2D eigenvalue weighted by atomic mass is 16.4. The van der Waals surface area contributed by atoms with Gasteiger partial charge in [-0.2, -0.15) is 0 Å². The van der Waals surface area contributed by atoms with E-state index < -0.39 is 11.9 Å². The van der Waals surface area contributed by atoms with Gasteiger partial charge in [0.2, 0.25) is 0 Å². The van der Waals surface area contributed by atoms with Crippen molar-refractivity contribution in [1.29, 1.82) is 0 Å². The number of aldehydes is 1. The molecule has 4 nitrogen and oxygen atoms in total. The van der Waals surface area contributed by atoms with Gasteiger partial charge in [0.05, 0.1) is 5.92 Å². The first-order valence-corrected chi connectivity index (χ1v) is 2.59. The number of carbonyl (C=O) groups excluding carboxylic acids is 2. The van der Waals surface area contributed by atoms with Crippen LogP contribution in [-0.2, 0) is 14.4 Å². The zero-order valence-corrected chi connectivity index (χ0v) is 5.11. The second-order valence-corrected chi connectivity index (χ2v) is 1.63. The molecule has 4 heteroatoms. The molecule has 1 unspecified atom stereocenters. The van der Waals surface area contributed by atoms with Crippen molar-refractivity contribution in [2.24, 2.45) is 5.92 Å². The highest BCUT2D eigenvalue weighted by Gasteiger charge is 2.12. The van der Waals surface area contributed by atoms with Crippen molar-refractivity contribution in [3.8, 4) is 0 Å². The van der Waals surface area contributed by atoms with E-state index in [1.807, 2.05) is 0 Å². The lowest BCUT2D eigenvalue weighted by atomic mass is 10.1. The van der Waals surface area contributed by atoms with E-state index in [-0.39, 0.29) is 6.42 Å². The summed E-state index contributed by atoms with van der Waals surface area (Å²) in [6.07, 6.45) is 1.09. The molecule has 1 N–H and O–H groups in total. The number of aliphatic carboxylic acids is 1. The standard InChI is InChI=1S/C6H6O4/c7-3-1-5(2-4-8)6(9)10/h1,4-5H,2H2,(H,9,10). The van der Waals surface area contributed by atoms with Crippen LogP contribution in [0.25, 0.3) is 0 Å². The summed E-state index contributed by atoms with van der Waals surface area (Å²) in [5, 5.41) is 8.27. The summed E-state index contributed by atoms with van der Waals surface area (Å²) >= 11 is 0. The Bertz CT molecular complexity index is 176. The van der Waals surface area contributed by atoms with Crippen LogP contribution < -0.4 is 0 Å². The minimum atomic E-state index is -1.18. The SMILES string of the molecule is O=C=CC(CC=O)C(=O)O. The maximum Gasteiger partial charge on any atom is 0.311 e. The molecule has 0 amide bonds. The smallest absolute Gasteiger partial charge is 0.311 e. The molecule has 0 saturated carbocycles. The van der Waals surface area contributed by atoms with Gasteiger partial charge in [-0.3, -0.25) is 4.79 Å². The average molecular weight is 142 g/mol. The predicted octanol–water partition coefficient (Wildman–Crippen LogP) is -0.336. The van der Waals surface area contributed by atoms with Crippen LogP contribution in [0.5, 0.6) is 0 Å². The molecule has 0 aliphatic heterocycles. The van der Waals surface area contributed by atoms with Gasteiger partial charge in [-0.25, -0.2) is 4.79 Å². The number of carboxylic acids is 1. The molecule has 0 aliphatic carbocycles. The summed E-state index contributed by atoms with van der Waals surface area (Å²) in [4.78, 5) is 29.5. The fourth-order valence-corrected chi connectivity index (χ4v) is 0.426. The van der Waals surface area contributed by atoms with E-state index in [0.29, 0.717) is 6.29 Å². The van der Waals surface area contributed by atoms with Crippen LogP contribution in [0.3, 0.4) is 0 Å². The molecule has 0 spiro atoms. The molecule has 1 atom stereocenters. The first-order valence-electron chi connectivity index (χ1n) is 2.59. The molecule has 0 aromatic carbocycles. The zero-order valence-electron chi connectivity index (χ0n) is 5.11. The summed E-state index contributed by atoms with van der Waals surface area (Å²) in [5.41, 5.74) is 0. The molecule has 54 valence electrons. The highest BCUT2D eigenvalue weighted by Crippen LogP contribution is 2.00. The molecule has 0 heterocycles. The van der Waals surface area contributed by atoms with Crippen molar-refractivity contribution in [3.05, 3.63) is 6.08 Å². The lowest BCUT2D eigenvalue weighted by molar-refractivity contribution is -0.141. The molecule has 0 aromatic heterocycles. The van der Waals surface area contributed by atoms with Gasteiger partial charge in [-0.15, -0.1) is 0 Å². The molecule has 0 radical (unpaired) electrons. The summed E-state index contributed by atoms with van der Waals surface area (Å²) in [7, 11) is 0. The number of hydrogen-bond acceptors (Lipinski definition) is 3. The first kappa shape index (κ1) is 8.59. The topological polar surface area (TPSA) is 71.4 Å². The van der Waals surface area contributed by atoms with Crippen LogP contribution in [0.4, 0.5) is 0 Å². The Morgan fingerprint density at radius 1 is 1.70 bits per heavy atom. The van der Waals surface area contributed by atoms with E-state index in [0.717, 1.165) is 6.08 Å². The second kappa shape index (κ2) is 4.47. The molecule has 0 aromatic rings. The van der Waals surface area contributed by atoms with Crippen LogP contribution in [0, 0.1) is 5.92 Å². The molecular formula is C6H6O4. The maximum atomic E-state index is 10.1. The highest BCUT2D eigenvalue weighted by molar-refractivity contribution is 5.77. The van der Waals surface area contributed by atoms with Crippen LogP contribution in [0.1, 0.15) is 6.42 Å². The van der Waals surface area contributed by atoms with Gasteiger partial charge in [0, 0.05) is 12.5 Å². The Morgan fingerprint density at radius 2 is 2.30 bits per heavy atom. The minimum Gasteiger partial charge on any atom is -0.481 e. The fourth-order valence-electron chi connectivity index (χ4n) is 0.426. The Morgan fingerprint density at radius 3 is 2.60 bits per heavy atom. The first-order chi connectivity index (χ1) is 4.72. The number of carboxylic acid groups (broad SMARTS) is 1. The molecule has 0 saturated heterocycles.